The van der Waals surface area contributed by atoms with Crippen LogP contribution >= 0.6 is 0 Å². The van der Waals surface area contributed by atoms with E-state index in [1.54, 1.807) is 0 Å². The lowest BCUT2D eigenvalue weighted by Crippen LogP contribution is -2.42. The molecular weight excluding hydrogens is 224 g/mol. The third kappa shape index (κ3) is 3.93. The van der Waals surface area contributed by atoms with Crippen molar-refractivity contribution in [3.63, 3.8) is 0 Å². The molecule has 18 heavy (non-hydrogen) atoms. The second-order valence-corrected chi connectivity index (χ2v) is 5.31. The minimum atomic E-state index is 0.300. The van der Waals surface area contributed by atoms with Crippen LogP contribution in [-0.2, 0) is 11.2 Å². The molecule has 3 heteroatoms. The van der Waals surface area contributed by atoms with Crippen molar-refractivity contribution >= 4 is 5.78 Å². The first kappa shape index (κ1) is 13.2. The van der Waals surface area contributed by atoms with Crippen LogP contribution in [0.1, 0.15) is 24.0 Å². The van der Waals surface area contributed by atoms with Gasteiger partial charge in [0.15, 0.2) is 5.78 Å². The van der Waals surface area contributed by atoms with Crippen molar-refractivity contribution in [3.8, 4) is 0 Å². The van der Waals surface area contributed by atoms with Crippen molar-refractivity contribution < 1.29 is 4.79 Å². The molecule has 0 aliphatic carbocycles. The molecule has 0 saturated carbocycles. The molecule has 1 aromatic carbocycles. The summed E-state index contributed by atoms with van der Waals surface area (Å²) in [6, 6.07) is 8.53. The predicted octanol–water partition coefficient (Wildman–Crippen LogP) is 1.53. The van der Waals surface area contributed by atoms with Gasteiger partial charge >= 0.3 is 0 Å². The standard InChI is InChI=1S/C15H22N2O/c1-12-2-4-13(5-3-12)10-15(18)11-17-8-6-14(16)7-9-17/h2-5,14H,6-11,16H2,1H3. The Bertz CT molecular complexity index is 391. The Morgan fingerprint density at radius 2 is 1.89 bits per heavy atom. The summed E-state index contributed by atoms with van der Waals surface area (Å²) in [5.74, 6) is 0.300. The highest BCUT2D eigenvalue weighted by molar-refractivity contribution is 5.82. The molecule has 1 aliphatic heterocycles. The predicted molar refractivity (Wildman–Crippen MR) is 73.5 cm³/mol. The first-order valence-electron chi connectivity index (χ1n) is 6.68. The van der Waals surface area contributed by atoms with Crippen molar-refractivity contribution in [2.75, 3.05) is 19.6 Å². The number of likely N-dealkylation sites (tertiary alicyclic amines) is 1. The first-order chi connectivity index (χ1) is 8.63. The second-order valence-electron chi connectivity index (χ2n) is 5.31. The molecule has 0 bridgehead atoms. The van der Waals surface area contributed by atoms with Crippen LogP contribution in [0.25, 0.3) is 0 Å². The number of hydrogen-bond acceptors (Lipinski definition) is 3. The molecule has 1 fully saturated rings. The van der Waals surface area contributed by atoms with Crippen molar-refractivity contribution in [2.24, 2.45) is 5.73 Å². The zero-order valence-corrected chi connectivity index (χ0v) is 11.1. The van der Waals surface area contributed by atoms with Crippen LogP contribution in [0, 0.1) is 6.92 Å². The third-order valence-electron chi connectivity index (χ3n) is 3.55. The van der Waals surface area contributed by atoms with Crippen LogP contribution in [0.5, 0.6) is 0 Å². The lowest BCUT2D eigenvalue weighted by molar-refractivity contribution is -0.119. The Balaban J connectivity index is 1.80. The van der Waals surface area contributed by atoms with E-state index in [1.807, 2.05) is 12.1 Å². The Morgan fingerprint density at radius 1 is 1.28 bits per heavy atom. The number of rotatable bonds is 4. The molecule has 1 saturated heterocycles. The maximum atomic E-state index is 12.0. The van der Waals surface area contributed by atoms with Gasteiger partial charge in [0.05, 0.1) is 6.54 Å². The molecule has 0 atom stereocenters. The number of Topliss-reactive ketones (excluding diaryl/α,β-unsaturated/α-hetero) is 1. The summed E-state index contributed by atoms with van der Waals surface area (Å²) in [5.41, 5.74) is 8.20. The van der Waals surface area contributed by atoms with E-state index in [4.69, 9.17) is 5.73 Å². The Hall–Kier alpha value is -1.19. The lowest BCUT2D eigenvalue weighted by atomic mass is 10.0. The molecule has 0 amide bonds. The van der Waals surface area contributed by atoms with E-state index in [0.717, 1.165) is 31.5 Å². The van der Waals surface area contributed by atoms with Gasteiger partial charge < -0.3 is 5.73 Å². The van der Waals surface area contributed by atoms with Crippen LogP contribution in [0.4, 0.5) is 0 Å². The van der Waals surface area contributed by atoms with E-state index in [2.05, 4.69) is 24.0 Å². The molecule has 0 aromatic heterocycles. The summed E-state index contributed by atoms with van der Waals surface area (Å²) in [6.45, 7) is 4.55. The Morgan fingerprint density at radius 3 is 2.50 bits per heavy atom. The molecule has 2 rings (SSSR count). The lowest BCUT2D eigenvalue weighted by Gasteiger charge is -2.29. The number of ketones is 1. The number of carbonyl (C=O) groups excluding carboxylic acids is 1. The smallest absolute Gasteiger partial charge is 0.151 e. The molecule has 1 aromatic rings. The number of hydrogen-bond donors (Lipinski definition) is 1. The average Bonchev–Trinajstić information content (AvgIpc) is 2.35. The van der Waals surface area contributed by atoms with Gasteiger partial charge in [-0.3, -0.25) is 9.69 Å². The second kappa shape index (κ2) is 6.12. The fourth-order valence-corrected chi connectivity index (χ4v) is 2.35. The van der Waals surface area contributed by atoms with Gasteiger partial charge in [-0.1, -0.05) is 29.8 Å². The maximum absolute atomic E-state index is 12.0. The van der Waals surface area contributed by atoms with E-state index in [0.29, 0.717) is 24.8 Å². The van der Waals surface area contributed by atoms with E-state index >= 15 is 0 Å². The summed E-state index contributed by atoms with van der Waals surface area (Å²) in [7, 11) is 0. The summed E-state index contributed by atoms with van der Waals surface area (Å²) < 4.78 is 0. The van der Waals surface area contributed by atoms with Crippen molar-refractivity contribution in [2.45, 2.75) is 32.2 Å². The van der Waals surface area contributed by atoms with Gasteiger partial charge in [0.25, 0.3) is 0 Å². The largest absolute Gasteiger partial charge is 0.328 e. The van der Waals surface area contributed by atoms with Crippen molar-refractivity contribution in [3.05, 3.63) is 35.4 Å². The van der Waals surface area contributed by atoms with Crippen LogP contribution in [0.15, 0.2) is 24.3 Å². The van der Waals surface area contributed by atoms with Crippen LogP contribution in [-0.4, -0.2) is 36.4 Å². The topological polar surface area (TPSA) is 46.3 Å². The van der Waals surface area contributed by atoms with E-state index in [1.165, 1.54) is 5.56 Å². The minimum Gasteiger partial charge on any atom is -0.328 e. The highest BCUT2D eigenvalue weighted by Gasteiger charge is 2.18. The number of carbonyl (C=O) groups is 1. The fourth-order valence-electron chi connectivity index (χ4n) is 2.35. The van der Waals surface area contributed by atoms with Crippen LogP contribution < -0.4 is 5.73 Å². The van der Waals surface area contributed by atoms with E-state index < -0.39 is 0 Å². The zero-order valence-electron chi connectivity index (χ0n) is 11.1. The fraction of sp³-hybridized carbons (Fsp3) is 0.533. The number of nitrogens with zero attached hydrogens (tertiary/aromatic N) is 1. The molecular formula is C15H22N2O. The summed E-state index contributed by atoms with van der Waals surface area (Å²) >= 11 is 0. The van der Waals surface area contributed by atoms with Gasteiger partial charge in [-0.2, -0.15) is 0 Å². The quantitative estimate of drug-likeness (QED) is 0.876. The summed E-state index contributed by atoms with van der Waals surface area (Å²) in [6.07, 6.45) is 2.57. The normalized spacial score (nSPS) is 17.9. The highest BCUT2D eigenvalue weighted by Crippen LogP contribution is 2.09. The molecule has 1 aliphatic rings. The highest BCUT2D eigenvalue weighted by atomic mass is 16.1. The van der Waals surface area contributed by atoms with Crippen molar-refractivity contribution in [1.29, 1.82) is 0 Å². The van der Waals surface area contributed by atoms with Gasteiger partial charge in [0, 0.05) is 25.6 Å². The monoisotopic (exact) mass is 246 g/mol. The molecule has 0 radical (unpaired) electrons. The number of nitrogens with two attached hydrogens (primary N) is 1. The van der Waals surface area contributed by atoms with E-state index in [-0.39, 0.29) is 0 Å². The molecule has 3 nitrogen and oxygen atoms in total. The maximum Gasteiger partial charge on any atom is 0.151 e. The zero-order chi connectivity index (χ0) is 13.0. The number of piperidine rings is 1. The van der Waals surface area contributed by atoms with Gasteiger partial charge in [-0.15, -0.1) is 0 Å². The van der Waals surface area contributed by atoms with Gasteiger partial charge in [0.1, 0.15) is 0 Å². The SMILES string of the molecule is Cc1ccc(CC(=O)CN2CCC(N)CC2)cc1. The Kier molecular flexibility index (Phi) is 4.50. The molecule has 98 valence electrons. The number of aryl methyl sites for hydroxylation is 1. The first-order valence-corrected chi connectivity index (χ1v) is 6.68. The minimum absolute atomic E-state index is 0.300. The van der Waals surface area contributed by atoms with Gasteiger partial charge in [0.2, 0.25) is 0 Å². The molecule has 0 spiro atoms. The molecule has 0 unspecified atom stereocenters. The number of benzene rings is 1. The van der Waals surface area contributed by atoms with Gasteiger partial charge in [-0.05, 0) is 25.3 Å². The average molecular weight is 246 g/mol. The Labute approximate surface area is 109 Å². The third-order valence-corrected chi connectivity index (χ3v) is 3.55. The summed E-state index contributed by atoms with van der Waals surface area (Å²) in [4.78, 5) is 14.2. The van der Waals surface area contributed by atoms with E-state index in [9.17, 15) is 4.79 Å². The van der Waals surface area contributed by atoms with Crippen LogP contribution in [0.3, 0.4) is 0 Å². The molecule has 2 N–H and O–H groups in total. The van der Waals surface area contributed by atoms with Crippen molar-refractivity contribution in [1.82, 2.24) is 4.90 Å². The van der Waals surface area contributed by atoms with Crippen LogP contribution in [0.2, 0.25) is 0 Å². The molecule has 1 heterocycles. The van der Waals surface area contributed by atoms with Gasteiger partial charge in [-0.25, -0.2) is 0 Å². The summed E-state index contributed by atoms with van der Waals surface area (Å²) in [5, 5.41) is 0.